The summed E-state index contributed by atoms with van der Waals surface area (Å²) >= 11 is 0. The van der Waals surface area contributed by atoms with Crippen molar-refractivity contribution in [3.63, 3.8) is 0 Å². The second-order valence-electron chi connectivity index (χ2n) is 8.05. The Morgan fingerprint density at radius 1 is 1.00 bits per heavy atom. The van der Waals surface area contributed by atoms with Crippen LogP contribution in [0.1, 0.15) is 46.0 Å². The molecule has 178 valence electrons. The Hall–Kier alpha value is -4.32. The fourth-order valence-corrected chi connectivity index (χ4v) is 3.95. The van der Waals surface area contributed by atoms with Crippen LogP contribution in [0.15, 0.2) is 75.9 Å². The minimum atomic E-state index is -1.03. The second-order valence-corrected chi connectivity index (χ2v) is 8.05. The van der Waals surface area contributed by atoms with Gasteiger partial charge in [0.25, 0.3) is 0 Å². The molecule has 0 fully saturated rings. The zero-order valence-corrected chi connectivity index (χ0v) is 19.6. The van der Waals surface area contributed by atoms with Gasteiger partial charge in [-0.2, -0.15) is 0 Å². The van der Waals surface area contributed by atoms with Crippen LogP contribution in [0.5, 0.6) is 11.5 Å². The number of carboxylic acids is 1. The Balaban J connectivity index is 1.70. The molecule has 0 bridgehead atoms. The minimum Gasteiger partial charge on any atom is -0.496 e. The third-order valence-corrected chi connectivity index (χ3v) is 5.68. The summed E-state index contributed by atoms with van der Waals surface area (Å²) in [6.07, 6.45) is 5.38. The normalized spacial score (nSPS) is 11.1. The van der Waals surface area contributed by atoms with Crippen LogP contribution in [0.2, 0.25) is 0 Å². The number of benzene rings is 3. The van der Waals surface area contributed by atoms with Crippen molar-refractivity contribution in [2.24, 2.45) is 0 Å². The van der Waals surface area contributed by atoms with Crippen LogP contribution in [0.25, 0.3) is 23.1 Å². The maximum Gasteiger partial charge on any atom is 0.336 e. The van der Waals surface area contributed by atoms with Crippen molar-refractivity contribution in [1.82, 2.24) is 0 Å². The zero-order chi connectivity index (χ0) is 24.8. The van der Waals surface area contributed by atoms with E-state index in [-0.39, 0.29) is 12.2 Å². The number of hydrogen-bond acceptors (Lipinski definition) is 5. The van der Waals surface area contributed by atoms with E-state index < -0.39 is 11.6 Å². The molecular weight excluding hydrogens is 444 g/mol. The lowest BCUT2D eigenvalue weighted by atomic mass is 10.0. The van der Waals surface area contributed by atoms with E-state index in [0.717, 1.165) is 28.5 Å². The quantitative estimate of drug-likeness (QED) is 0.293. The van der Waals surface area contributed by atoms with Gasteiger partial charge in [-0.3, -0.25) is 0 Å². The van der Waals surface area contributed by atoms with Gasteiger partial charge in [0.05, 0.1) is 12.7 Å². The molecule has 0 aliphatic carbocycles. The van der Waals surface area contributed by atoms with E-state index in [4.69, 9.17) is 13.9 Å². The minimum absolute atomic E-state index is 0.140. The molecule has 1 aromatic heterocycles. The van der Waals surface area contributed by atoms with Crippen molar-refractivity contribution in [2.45, 2.75) is 26.4 Å². The van der Waals surface area contributed by atoms with Gasteiger partial charge in [0.1, 0.15) is 23.7 Å². The van der Waals surface area contributed by atoms with E-state index in [2.05, 4.69) is 0 Å². The highest BCUT2D eigenvalue weighted by Gasteiger charge is 2.15. The van der Waals surface area contributed by atoms with Crippen LogP contribution in [0.4, 0.5) is 0 Å². The van der Waals surface area contributed by atoms with Gasteiger partial charge in [0.2, 0.25) is 0 Å². The largest absolute Gasteiger partial charge is 0.496 e. The van der Waals surface area contributed by atoms with Crippen LogP contribution >= 0.6 is 0 Å². The van der Waals surface area contributed by atoms with Gasteiger partial charge in [-0.05, 0) is 41.8 Å². The summed E-state index contributed by atoms with van der Waals surface area (Å²) in [6, 6.07) is 19.8. The van der Waals surface area contributed by atoms with Gasteiger partial charge in [-0.15, -0.1) is 0 Å². The summed E-state index contributed by atoms with van der Waals surface area (Å²) in [5.41, 5.74) is 3.56. The van der Waals surface area contributed by atoms with E-state index >= 15 is 0 Å². The highest BCUT2D eigenvalue weighted by atomic mass is 16.5. The molecule has 0 spiro atoms. The average Bonchev–Trinajstić information content (AvgIpc) is 2.87. The lowest BCUT2D eigenvalue weighted by Gasteiger charge is -2.15. The highest BCUT2D eigenvalue weighted by molar-refractivity contribution is 5.92. The second kappa shape index (κ2) is 10.7. The van der Waals surface area contributed by atoms with Gasteiger partial charge < -0.3 is 19.0 Å². The van der Waals surface area contributed by atoms with Crippen LogP contribution in [0, 0.1) is 0 Å². The lowest BCUT2D eigenvalue weighted by Crippen LogP contribution is -2.05. The van der Waals surface area contributed by atoms with Crippen molar-refractivity contribution >= 4 is 29.1 Å². The smallest absolute Gasteiger partial charge is 0.336 e. The maximum absolute atomic E-state index is 12.4. The predicted molar refractivity (Wildman–Crippen MR) is 136 cm³/mol. The fourth-order valence-electron chi connectivity index (χ4n) is 3.95. The monoisotopic (exact) mass is 470 g/mol. The Kier molecular flexibility index (Phi) is 7.31. The number of methoxy groups -OCH3 is 1. The number of carboxylic acid groups (broad SMARTS) is 1. The Bertz CT molecular complexity index is 1430. The summed E-state index contributed by atoms with van der Waals surface area (Å²) in [4.78, 5) is 23.7. The van der Waals surface area contributed by atoms with E-state index in [9.17, 15) is 14.7 Å². The molecule has 0 saturated heterocycles. The third-order valence-electron chi connectivity index (χ3n) is 5.68. The van der Waals surface area contributed by atoms with Gasteiger partial charge in [-0.1, -0.05) is 61.9 Å². The molecule has 6 heteroatoms. The zero-order valence-electron chi connectivity index (χ0n) is 19.6. The van der Waals surface area contributed by atoms with Gasteiger partial charge in [0.15, 0.2) is 0 Å². The summed E-state index contributed by atoms with van der Waals surface area (Å²) < 4.78 is 17.1. The van der Waals surface area contributed by atoms with Crippen LogP contribution in [-0.2, 0) is 13.0 Å². The molecule has 0 saturated carbocycles. The first-order chi connectivity index (χ1) is 17.0. The Morgan fingerprint density at radius 3 is 2.51 bits per heavy atom. The van der Waals surface area contributed by atoms with E-state index in [1.54, 1.807) is 6.07 Å². The SMILES string of the molecule is CCCc1c(OCc2ccc(C(=O)O)cc2OC)ccc2c(/C=C/c3ccccc3)cc(=O)oc12. The van der Waals surface area contributed by atoms with Crippen molar-refractivity contribution in [2.75, 3.05) is 7.11 Å². The molecule has 4 aromatic rings. The fraction of sp³-hybridized carbons (Fsp3) is 0.172. The summed E-state index contributed by atoms with van der Waals surface area (Å²) in [5, 5.41) is 10.0. The molecule has 0 radical (unpaired) electrons. The van der Waals surface area contributed by atoms with Crippen LogP contribution < -0.4 is 15.1 Å². The summed E-state index contributed by atoms with van der Waals surface area (Å²) in [5.74, 6) is 0.0151. The number of aromatic carboxylic acids is 1. The topological polar surface area (TPSA) is 86.0 Å². The molecule has 0 aliphatic heterocycles. The molecule has 1 heterocycles. The number of aryl methyl sites for hydroxylation is 1. The Morgan fingerprint density at radius 2 is 1.80 bits per heavy atom. The molecule has 3 aromatic carbocycles. The number of rotatable bonds is 9. The molecular formula is C29H26O6. The van der Waals surface area contributed by atoms with Crippen LogP contribution in [0.3, 0.4) is 0 Å². The van der Waals surface area contributed by atoms with Crippen LogP contribution in [-0.4, -0.2) is 18.2 Å². The molecule has 0 atom stereocenters. The number of carbonyl (C=O) groups is 1. The Labute approximate surface area is 203 Å². The van der Waals surface area contributed by atoms with E-state index in [1.807, 2.05) is 61.5 Å². The molecule has 1 N–H and O–H groups in total. The lowest BCUT2D eigenvalue weighted by molar-refractivity contribution is 0.0696. The predicted octanol–water partition coefficient (Wildman–Crippen LogP) is 6.20. The number of fused-ring (bicyclic) bond motifs is 1. The summed E-state index contributed by atoms with van der Waals surface area (Å²) in [6.45, 7) is 2.22. The highest BCUT2D eigenvalue weighted by Crippen LogP contribution is 2.32. The third kappa shape index (κ3) is 5.44. The van der Waals surface area contributed by atoms with Gasteiger partial charge in [0, 0.05) is 22.6 Å². The number of hydrogen-bond donors (Lipinski definition) is 1. The van der Waals surface area contributed by atoms with E-state index in [0.29, 0.717) is 29.1 Å². The molecule has 6 nitrogen and oxygen atoms in total. The average molecular weight is 471 g/mol. The van der Waals surface area contributed by atoms with Gasteiger partial charge in [-0.25, -0.2) is 9.59 Å². The summed E-state index contributed by atoms with van der Waals surface area (Å²) in [7, 11) is 1.49. The molecule has 0 aliphatic rings. The van der Waals surface area contributed by atoms with E-state index in [1.165, 1.54) is 25.3 Å². The van der Waals surface area contributed by atoms with Gasteiger partial charge >= 0.3 is 11.6 Å². The van der Waals surface area contributed by atoms with Crippen molar-refractivity contribution in [3.8, 4) is 11.5 Å². The molecule has 0 amide bonds. The number of ether oxygens (including phenoxy) is 2. The first-order valence-corrected chi connectivity index (χ1v) is 11.4. The molecule has 35 heavy (non-hydrogen) atoms. The molecule has 0 unspecified atom stereocenters. The van der Waals surface area contributed by atoms with Crippen molar-refractivity contribution in [3.05, 3.63) is 105 Å². The molecule has 4 rings (SSSR count). The first-order valence-electron chi connectivity index (χ1n) is 11.4. The first kappa shape index (κ1) is 23.8. The van der Waals surface area contributed by atoms with Crippen molar-refractivity contribution in [1.29, 1.82) is 0 Å². The standard InChI is InChI=1S/C29H26O6/c1-3-7-24-25(34-18-22-13-12-21(29(31)32)16-26(22)33-2)15-14-23-20(17-27(30)35-28(23)24)11-10-19-8-5-4-6-9-19/h4-6,8-17H,3,7,18H2,1-2H3,(H,31,32)/b11-10+. The maximum atomic E-state index is 12.4. The van der Waals surface area contributed by atoms with Crippen molar-refractivity contribution < 1.29 is 23.8 Å².